The van der Waals surface area contributed by atoms with Crippen LogP contribution in [-0.2, 0) is 0 Å². The van der Waals surface area contributed by atoms with Crippen molar-refractivity contribution in [2.45, 2.75) is 25.3 Å². The summed E-state index contributed by atoms with van der Waals surface area (Å²) in [6, 6.07) is 13.5. The molecule has 4 heterocycles. The molecular formula is C23H22N6O. The third kappa shape index (κ3) is 3.54. The van der Waals surface area contributed by atoms with E-state index in [9.17, 15) is 4.79 Å². The minimum atomic E-state index is 0.0638. The maximum Gasteiger partial charge on any atom is 0.254 e. The van der Waals surface area contributed by atoms with Crippen molar-refractivity contribution in [2.75, 3.05) is 18.4 Å². The number of piperidine rings is 1. The molecule has 0 aliphatic carbocycles. The van der Waals surface area contributed by atoms with Gasteiger partial charge < -0.3 is 10.2 Å². The Bertz CT molecular complexity index is 1210. The van der Waals surface area contributed by atoms with Crippen molar-refractivity contribution in [1.82, 2.24) is 24.8 Å². The van der Waals surface area contributed by atoms with E-state index in [4.69, 9.17) is 0 Å². The average molecular weight is 398 g/mol. The zero-order chi connectivity index (χ0) is 20.3. The number of carbonyl (C=O) groups is 1. The fourth-order valence-corrected chi connectivity index (χ4v) is 4.08. The molecule has 1 aliphatic heterocycles. The number of anilines is 1. The van der Waals surface area contributed by atoms with E-state index in [-0.39, 0.29) is 11.9 Å². The molecule has 7 heteroatoms. The first-order valence-corrected chi connectivity index (χ1v) is 10.3. The van der Waals surface area contributed by atoms with Gasteiger partial charge >= 0.3 is 0 Å². The van der Waals surface area contributed by atoms with E-state index in [1.165, 1.54) is 0 Å². The lowest BCUT2D eigenvalue weighted by atomic mass is 9.99. The molecule has 0 spiro atoms. The first-order valence-electron chi connectivity index (χ1n) is 10.3. The molecule has 1 N–H and O–H groups in total. The van der Waals surface area contributed by atoms with E-state index in [0.717, 1.165) is 42.2 Å². The van der Waals surface area contributed by atoms with Gasteiger partial charge in [0.25, 0.3) is 5.91 Å². The molecule has 5 rings (SSSR count). The van der Waals surface area contributed by atoms with Crippen LogP contribution in [0.3, 0.4) is 0 Å². The van der Waals surface area contributed by atoms with Gasteiger partial charge in [-0.05, 0) is 43.5 Å². The van der Waals surface area contributed by atoms with Crippen molar-refractivity contribution in [1.29, 1.82) is 0 Å². The Balaban J connectivity index is 1.36. The summed E-state index contributed by atoms with van der Waals surface area (Å²) in [4.78, 5) is 33.0. The molecule has 1 saturated heterocycles. The smallest absolute Gasteiger partial charge is 0.254 e. The number of nitrogens with one attached hydrogen (secondary N) is 1. The standard InChI is InChI=1S/C23H22N6O/c30-23(18-10-12-24-19-8-2-1-7-17(18)19)29-13-4-3-6-16(29)14-26-21-15-27-22-20(28-21)9-5-11-25-22/h1-2,5,7-12,15-16H,3-4,6,13-14H2,(H,26,28). The quantitative estimate of drug-likeness (QED) is 0.565. The van der Waals surface area contributed by atoms with E-state index < -0.39 is 0 Å². The number of fused-ring (bicyclic) bond motifs is 2. The number of hydrogen-bond donors (Lipinski definition) is 1. The number of para-hydroxylation sites is 1. The van der Waals surface area contributed by atoms with Crippen LogP contribution in [0.5, 0.6) is 0 Å². The molecule has 1 aromatic carbocycles. The summed E-state index contributed by atoms with van der Waals surface area (Å²) in [6.45, 7) is 1.39. The first-order chi connectivity index (χ1) is 14.8. The van der Waals surface area contributed by atoms with Crippen LogP contribution in [0.2, 0.25) is 0 Å². The Morgan fingerprint density at radius 3 is 2.87 bits per heavy atom. The van der Waals surface area contributed by atoms with Gasteiger partial charge in [0.05, 0.1) is 17.3 Å². The van der Waals surface area contributed by atoms with Crippen molar-refractivity contribution < 1.29 is 4.79 Å². The van der Waals surface area contributed by atoms with E-state index in [2.05, 4.69) is 25.3 Å². The lowest BCUT2D eigenvalue weighted by molar-refractivity contribution is 0.0630. The largest absolute Gasteiger partial charge is 0.367 e. The summed E-state index contributed by atoms with van der Waals surface area (Å²) in [5, 5.41) is 4.27. The summed E-state index contributed by atoms with van der Waals surface area (Å²) in [6.07, 6.45) is 8.21. The Morgan fingerprint density at radius 1 is 1.00 bits per heavy atom. The number of carbonyl (C=O) groups excluding carboxylic acids is 1. The van der Waals surface area contributed by atoms with Crippen LogP contribution in [-0.4, -0.2) is 49.9 Å². The lowest BCUT2D eigenvalue weighted by Gasteiger charge is -2.36. The minimum absolute atomic E-state index is 0.0638. The number of nitrogens with zero attached hydrogens (tertiary/aromatic N) is 5. The molecule has 0 saturated carbocycles. The van der Waals surface area contributed by atoms with Gasteiger partial charge in [0.2, 0.25) is 0 Å². The van der Waals surface area contributed by atoms with Gasteiger partial charge in [-0.2, -0.15) is 0 Å². The van der Waals surface area contributed by atoms with E-state index in [1.54, 1.807) is 18.6 Å². The molecule has 1 aliphatic rings. The monoisotopic (exact) mass is 398 g/mol. The molecule has 1 amide bonds. The third-order valence-corrected chi connectivity index (χ3v) is 5.60. The normalized spacial score (nSPS) is 16.7. The molecule has 1 atom stereocenters. The van der Waals surface area contributed by atoms with Crippen molar-refractivity contribution in [3.63, 3.8) is 0 Å². The Morgan fingerprint density at radius 2 is 1.90 bits per heavy atom. The number of likely N-dealkylation sites (tertiary alicyclic amines) is 1. The van der Waals surface area contributed by atoms with E-state index in [1.807, 2.05) is 47.4 Å². The van der Waals surface area contributed by atoms with Gasteiger partial charge in [0, 0.05) is 36.9 Å². The first kappa shape index (κ1) is 18.4. The summed E-state index contributed by atoms with van der Waals surface area (Å²) in [5.41, 5.74) is 2.93. The summed E-state index contributed by atoms with van der Waals surface area (Å²) in [7, 11) is 0. The van der Waals surface area contributed by atoms with E-state index >= 15 is 0 Å². The predicted molar refractivity (Wildman–Crippen MR) is 116 cm³/mol. The minimum Gasteiger partial charge on any atom is -0.367 e. The molecule has 1 unspecified atom stereocenters. The van der Waals surface area contributed by atoms with Crippen LogP contribution in [0.25, 0.3) is 22.1 Å². The molecule has 3 aromatic heterocycles. The van der Waals surface area contributed by atoms with Crippen LogP contribution < -0.4 is 5.32 Å². The Hall–Kier alpha value is -3.61. The Labute approximate surface area is 174 Å². The van der Waals surface area contributed by atoms with Crippen LogP contribution in [0.15, 0.2) is 61.1 Å². The summed E-state index contributed by atoms with van der Waals surface area (Å²) < 4.78 is 0. The van der Waals surface area contributed by atoms with Crippen LogP contribution in [0, 0.1) is 0 Å². The fraction of sp³-hybridized carbons (Fsp3) is 0.261. The second-order valence-electron chi connectivity index (χ2n) is 7.51. The van der Waals surface area contributed by atoms with Gasteiger partial charge in [-0.25, -0.2) is 15.0 Å². The topological polar surface area (TPSA) is 83.9 Å². The van der Waals surface area contributed by atoms with Gasteiger partial charge in [0.1, 0.15) is 11.3 Å². The van der Waals surface area contributed by atoms with Gasteiger partial charge in [-0.3, -0.25) is 9.78 Å². The number of pyridine rings is 2. The van der Waals surface area contributed by atoms with Crippen LogP contribution >= 0.6 is 0 Å². The molecule has 1 fully saturated rings. The lowest BCUT2D eigenvalue weighted by Crippen LogP contribution is -2.47. The van der Waals surface area contributed by atoms with Crippen LogP contribution in [0.1, 0.15) is 29.6 Å². The van der Waals surface area contributed by atoms with Gasteiger partial charge in [-0.1, -0.05) is 18.2 Å². The number of rotatable bonds is 4. The van der Waals surface area contributed by atoms with Crippen molar-refractivity contribution in [3.8, 4) is 0 Å². The maximum absolute atomic E-state index is 13.4. The Kier molecular flexibility index (Phi) is 4.93. The molecule has 30 heavy (non-hydrogen) atoms. The van der Waals surface area contributed by atoms with Crippen molar-refractivity contribution >= 4 is 33.8 Å². The summed E-state index contributed by atoms with van der Waals surface area (Å²) >= 11 is 0. The molecule has 7 nitrogen and oxygen atoms in total. The highest BCUT2D eigenvalue weighted by Gasteiger charge is 2.28. The molecule has 0 bridgehead atoms. The zero-order valence-corrected chi connectivity index (χ0v) is 16.5. The maximum atomic E-state index is 13.4. The number of hydrogen-bond acceptors (Lipinski definition) is 6. The highest BCUT2D eigenvalue weighted by molar-refractivity contribution is 6.06. The predicted octanol–water partition coefficient (Wildman–Crippen LogP) is 3.68. The second kappa shape index (κ2) is 8.02. The van der Waals surface area contributed by atoms with Gasteiger partial charge in [0.15, 0.2) is 5.65 Å². The van der Waals surface area contributed by atoms with Crippen LogP contribution in [0.4, 0.5) is 5.82 Å². The summed E-state index contributed by atoms with van der Waals surface area (Å²) in [5.74, 6) is 0.761. The average Bonchev–Trinajstić information content (AvgIpc) is 2.82. The molecular weight excluding hydrogens is 376 g/mol. The van der Waals surface area contributed by atoms with E-state index in [0.29, 0.717) is 23.6 Å². The second-order valence-corrected chi connectivity index (χ2v) is 7.51. The van der Waals surface area contributed by atoms with Crippen molar-refractivity contribution in [2.24, 2.45) is 0 Å². The SMILES string of the molecule is O=C(c1ccnc2ccccc12)N1CCCCC1CNc1cnc2ncccc2n1. The fourth-order valence-electron chi connectivity index (χ4n) is 4.08. The highest BCUT2D eigenvalue weighted by Crippen LogP contribution is 2.24. The molecule has 0 radical (unpaired) electrons. The highest BCUT2D eigenvalue weighted by atomic mass is 16.2. The zero-order valence-electron chi connectivity index (χ0n) is 16.5. The number of benzene rings is 1. The molecule has 150 valence electrons. The number of aromatic nitrogens is 4. The van der Waals surface area contributed by atoms with Gasteiger partial charge in [-0.15, -0.1) is 0 Å². The molecule has 4 aromatic rings. The van der Waals surface area contributed by atoms with Crippen molar-refractivity contribution in [3.05, 3.63) is 66.6 Å². The number of amides is 1. The third-order valence-electron chi connectivity index (χ3n) is 5.60.